The summed E-state index contributed by atoms with van der Waals surface area (Å²) in [5.74, 6) is 0.124. The van der Waals surface area contributed by atoms with E-state index >= 15 is 0 Å². The van der Waals surface area contributed by atoms with Gasteiger partial charge in [-0.2, -0.15) is 0 Å². The molecule has 1 fully saturated rings. The number of pyridine rings is 2. The number of amides is 3. The van der Waals surface area contributed by atoms with Gasteiger partial charge >= 0.3 is 12.2 Å². The number of carbonyl (C=O) groups excluding carboxylic acids is 3. The minimum absolute atomic E-state index is 0.234. The third-order valence-corrected chi connectivity index (χ3v) is 7.65. The zero-order valence-electron chi connectivity index (χ0n) is 29.1. The van der Waals surface area contributed by atoms with Crippen LogP contribution in [0.15, 0.2) is 72.7 Å². The zero-order chi connectivity index (χ0) is 35.2. The molecule has 3 aromatic rings. The van der Waals surface area contributed by atoms with Crippen molar-refractivity contribution in [2.45, 2.75) is 59.2 Å². The highest BCUT2D eigenvalue weighted by atomic mass is 16.6. The van der Waals surface area contributed by atoms with Crippen molar-refractivity contribution in [2.24, 2.45) is 0 Å². The van der Waals surface area contributed by atoms with Gasteiger partial charge in [-0.3, -0.25) is 9.78 Å². The SMILES string of the molecule is CC(C)(C)OC(=O)N1CC=C(Nc2ccccc2Nc2cccc(C(=O)Nc3cnccc3N3CCN(C(=O)OC(C)(C)C)CC3)n2)CC1. The van der Waals surface area contributed by atoms with E-state index in [9.17, 15) is 14.4 Å². The van der Waals surface area contributed by atoms with Crippen LogP contribution in [0.2, 0.25) is 0 Å². The lowest BCUT2D eigenvalue weighted by Gasteiger charge is -2.37. The molecular weight excluding hydrogens is 624 g/mol. The monoisotopic (exact) mass is 670 g/mol. The second kappa shape index (κ2) is 14.8. The smallest absolute Gasteiger partial charge is 0.410 e. The van der Waals surface area contributed by atoms with E-state index in [4.69, 9.17) is 9.47 Å². The fourth-order valence-corrected chi connectivity index (χ4v) is 5.32. The van der Waals surface area contributed by atoms with E-state index in [2.05, 4.69) is 30.8 Å². The van der Waals surface area contributed by atoms with Crippen molar-refractivity contribution < 1.29 is 23.9 Å². The molecular formula is C36H46N8O5. The molecule has 2 aliphatic heterocycles. The van der Waals surface area contributed by atoms with Crippen LogP contribution in [0.25, 0.3) is 0 Å². The lowest BCUT2D eigenvalue weighted by Crippen LogP contribution is -2.50. The highest BCUT2D eigenvalue weighted by molar-refractivity contribution is 6.04. The average molecular weight is 671 g/mol. The van der Waals surface area contributed by atoms with Gasteiger partial charge in [0, 0.05) is 57.6 Å². The summed E-state index contributed by atoms with van der Waals surface area (Å²) in [4.78, 5) is 52.7. The maximum Gasteiger partial charge on any atom is 0.410 e. The molecule has 1 saturated heterocycles. The largest absolute Gasteiger partial charge is 0.444 e. The first-order valence-corrected chi connectivity index (χ1v) is 16.5. The fraction of sp³-hybridized carbons (Fsp3) is 0.417. The fourth-order valence-electron chi connectivity index (χ4n) is 5.32. The van der Waals surface area contributed by atoms with Crippen LogP contribution in [0.1, 0.15) is 58.5 Å². The Hall–Kier alpha value is -5.33. The van der Waals surface area contributed by atoms with Gasteiger partial charge in [0.25, 0.3) is 5.91 Å². The molecule has 1 aromatic carbocycles. The number of ether oxygens (including phenoxy) is 2. The molecule has 3 amide bonds. The highest BCUT2D eigenvalue weighted by Crippen LogP contribution is 2.29. The molecule has 260 valence electrons. The lowest BCUT2D eigenvalue weighted by molar-refractivity contribution is 0.0237. The average Bonchev–Trinajstić information content (AvgIpc) is 3.05. The molecule has 13 heteroatoms. The number of hydrogen-bond acceptors (Lipinski definition) is 10. The second-order valence-corrected chi connectivity index (χ2v) is 13.9. The summed E-state index contributed by atoms with van der Waals surface area (Å²) in [6, 6.07) is 14.8. The Labute approximate surface area is 287 Å². The van der Waals surface area contributed by atoms with Gasteiger partial charge in [-0.15, -0.1) is 0 Å². The summed E-state index contributed by atoms with van der Waals surface area (Å²) in [5, 5.41) is 9.79. The quantitative estimate of drug-likeness (QED) is 0.256. The number of carbonyl (C=O) groups is 3. The van der Waals surface area contributed by atoms with Crippen LogP contribution in [0.5, 0.6) is 0 Å². The summed E-state index contributed by atoms with van der Waals surface area (Å²) >= 11 is 0. The Kier molecular flexibility index (Phi) is 10.6. The van der Waals surface area contributed by atoms with Gasteiger partial charge in [-0.1, -0.05) is 18.2 Å². The van der Waals surface area contributed by atoms with E-state index in [0.29, 0.717) is 57.2 Å². The van der Waals surface area contributed by atoms with E-state index < -0.39 is 11.2 Å². The van der Waals surface area contributed by atoms with Gasteiger partial charge in [-0.25, -0.2) is 14.6 Å². The molecule has 0 atom stereocenters. The van der Waals surface area contributed by atoms with Crippen LogP contribution in [-0.2, 0) is 9.47 Å². The number of aromatic nitrogens is 2. The molecule has 2 aromatic heterocycles. The van der Waals surface area contributed by atoms with Gasteiger partial charge in [-0.05, 0) is 78.0 Å². The number of piperazine rings is 1. The van der Waals surface area contributed by atoms with Crippen LogP contribution in [0, 0.1) is 0 Å². The van der Waals surface area contributed by atoms with Gasteiger partial charge in [0.2, 0.25) is 0 Å². The predicted molar refractivity (Wildman–Crippen MR) is 190 cm³/mol. The number of benzene rings is 1. The summed E-state index contributed by atoms with van der Waals surface area (Å²) < 4.78 is 11.0. The molecule has 0 radical (unpaired) electrons. The predicted octanol–water partition coefficient (Wildman–Crippen LogP) is 6.47. The molecule has 3 N–H and O–H groups in total. The molecule has 4 heterocycles. The second-order valence-electron chi connectivity index (χ2n) is 13.9. The Morgan fingerprint density at radius 1 is 0.735 bits per heavy atom. The molecule has 0 aliphatic carbocycles. The topological polar surface area (TPSA) is 141 Å². The van der Waals surface area contributed by atoms with E-state index in [0.717, 1.165) is 22.8 Å². The number of rotatable bonds is 7. The van der Waals surface area contributed by atoms with Crippen molar-refractivity contribution >= 4 is 46.7 Å². The van der Waals surface area contributed by atoms with Crippen molar-refractivity contribution in [3.05, 3.63) is 78.4 Å². The van der Waals surface area contributed by atoms with Crippen LogP contribution in [-0.4, -0.2) is 88.3 Å². The number of nitrogens with zero attached hydrogens (tertiary/aromatic N) is 5. The zero-order valence-corrected chi connectivity index (χ0v) is 29.1. The van der Waals surface area contributed by atoms with Crippen LogP contribution < -0.4 is 20.9 Å². The van der Waals surface area contributed by atoms with Crippen LogP contribution in [0.3, 0.4) is 0 Å². The Balaban J connectivity index is 1.21. The number of para-hydroxylation sites is 2. The van der Waals surface area contributed by atoms with E-state index in [1.807, 2.05) is 78.0 Å². The minimum Gasteiger partial charge on any atom is -0.444 e. The summed E-state index contributed by atoms with van der Waals surface area (Å²) in [6.45, 7) is 14.3. The molecule has 49 heavy (non-hydrogen) atoms. The van der Waals surface area contributed by atoms with E-state index in [1.54, 1.807) is 40.4 Å². The minimum atomic E-state index is -0.556. The van der Waals surface area contributed by atoms with Crippen molar-refractivity contribution in [1.29, 1.82) is 0 Å². The maximum atomic E-state index is 13.4. The van der Waals surface area contributed by atoms with Crippen molar-refractivity contribution in [2.75, 3.05) is 60.1 Å². The first kappa shape index (κ1) is 35.0. The Morgan fingerprint density at radius 2 is 1.39 bits per heavy atom. The highest BCUT2D eigenvalue weighted by Gasteiger charge is 2.27. The van der Waals surface area contributed by atoms with Gasteiger partial charge < -0.3 is 40.1 Å². The first-order chi connectivity index (χ1) is 23.2. The molecule has 5 rings (SSSR count). The first-order valence-electron chi connectivity index (χ1n) is 16.5. The molecule has 2 aliphatic rings. The lowest BCUT2D eigenvalue weighted by atomic mass is 10.1. The molecule has 13 nitrogen and oxygen atoms in total. The normalized spacial score (nSPS) is 15.2. The van der Waals surface area contributed by atoms with E-state index in [-0.39, 0.29) is 23.8 Å². The van der Waals surface area contributed by atoms with Crippen molar-refractivity contribution in [1.82, 2.24) is 19.8 Å². The molecule has 0 saturated carbocycles. The van der Waals surface area contributed by atoms with Gasteiger partial charge in [0.05, 0.1) is 28.9 Å². The third-order valence-electron chi connectivity index (χ3n) is 7.65. The van der Waals surface area contributed by atoms with Gasteiger partial charge in [0.15, 0.2) is 0 Å². The summed E-state index contributed by atoms with van der Waals surface area (Å²) in [7, 11) is 0. The van der Waals surface area contributed by atoms with Crippen LogP contribution >= 0.6 is 0 Å². The number of hydrogen-bond donors (Lipinski definition) is 3. The summed E-state index contributed by atoms with van der Waals surface area (Å²) in [6.07, 6.45) is 5.28. The van der Waals surface area contributed by atoms with Gasteiger partial charge in [0.1, 0.15) is 22.7 Å². The third kappa shape index (κ3) is 9.84. The molecule has 0 spiro atoms. The molecule has 0 unspecified atom stereocenters. The van der Waals surface area contributed by atoms with Crippen LogP contribution in [0.4, 0.5) is 38.2 Å². The van der Waals surface area contributed by atoms with E-state index in [1.165, 1.54) is 0 Å². The number of anilines is 5. The number of nitrogens with one attached hydrogen (secondary N) is 3. The standard InChI is InChI=1S/C36H46N8O5/c1-35(2,3)48-33(46)43-18-15-25(16-19-43)38-26-10-7-8-11-27(26)39-31-13-9-12-28(40-31)32(45)41-29-24-37-17-14-30(29)42-20-22-44(23-21-42)34(47)49-36(4,5)6/h7-15,17,24,38H,16,18-23H2,1-6H3,(H,39,40)(H,41,45). The van der Waals surface area contributed by atoms with Crippen molar-refractivity contribution in [3.63, 3.8) is 0 Å². The Bertz CT molecular complexity index is 1690. The molecule has 0 bridgehead atoms. The Morgan fingerprint density at radius 3 is 2.02 bits per heavy atom. The maximum absolute atomic E-state index is 13.4. The van der Waals surface area contributed by atoms with Crippen molar-refractivity contribution in [3.8, 4) is 0 Å². The summed E-state index contributed by atoms with van der Waals surface area (Å²) in [5.41, 5.74) is 3.11.